The number of carbonyl (C=O) groups excluding carboxylic acids is 2. The number of hydrogen-bond donors (Lipinski definition) is 5. The maximum atomic E-state index is 13.7. The summed E-state index contributed by atoms with van der Waals surface area (Å²) in [7, 11) is -1.74. The lowest BCUT2D eigenvalue weighted by molar-refractivity contribution is -0.123. The molecule has 8 nitrogen and oxygen atoms in total. The number of phenols is 1. The Morgan fingerprint density at radius 1 is 1.10 bits per heavy atom. The van der Waals surface area contributed by atoms with Crippen molar-refractivity contribution >= 4 is 36.2 Å². The van der Waals surface area contributed by atoms with E-state index >= 15 is 0 Å². The largest absolute Gasteiger partial charge is 0.507 e. The number of phenolic OH excluding ortho intramolecular Hbond substituents is 1. The van der Waals surface area contributed by atoms with E-state index in [1.165, 1.54) is 12.1 Å². The van der Waals surface area contributed by atoms with Crippen LogP contribution in [0.1, 0.15) is 56.7 Å². The summed E-state index contributed by atoms with van der Waals surface area (Å²) in [5, 5.41) is 51.3. The summed E-state index contributed by atoms with van der Waals surface area (Å²) in [5.74, 6) is -2.75. The topological polar surface area (TPSA) is 139 Å². The normalized spacial score (nSPS) is 22.0. The van der Waals surface area contributed by atoms with Gasteiger partial charge < -0.3 is 25.4 Å². The van der Waals surface area contributed by atoms with E-state index in [1.807, 2.05) is 52.8 Å². The summed E-state index contributed by atoms with van der Waals surface area (Å²) in [5.41, 5.74) is 5.56. The fraction of sp³-hybridized carbons (Fsp3) is 0.438. The first kappa shape index (κ1) is 30.7. The van der Waals surface area contributed by atoms with Gasteiger partial charge in [-0.3, -0.25) is 14.5 Å². The van der Waals surface area contributed by atoms with Gasteiger partial charge in [-0.25, -0.2) is 0 Å². The van der Waals surface area contributed by atoms with E-state index < -0.39 is 36.9 Å². The molecule has 4 atom stereocenters. The third-order valence-corrected chi connectivity index (χ3v) is 8.54. The van der Waals surface area contributed by atoms with E-state index in [2.05, 4.69) is 0 Å². The van der Waals surface area contributed by atoms with Crippen molar-refractivity contribution in [3.8, 4) is 5.75 Å². The zero-order valence-corrected chi connectivity index (χ0v) is 24.3. The van der Waals surface area contributed by atoms with Crippen molar-refractivity contribution in [1.29, 1.82) is 0 Å². The van der Waals surface area contributed by atoms with Crippen LogP contribution in [0.25, 0.3) is 6.08 Å². The Balaban J connectivity index is 1.60. The van der Waals surface area contributed by atoms with E-state index in [0.717, 1.165) is 32.7 Å². The molecular formula is C32H40BNO7. The predicted molar refractivity (Wildman–Crippen MR) is 159 cm³/mol. The molecule has 0 bridgehead atoms. The lowest BCUT2D eigenvalue weighted by Crippen LogP contribution is -2.40. The number of imide groups is 1. The molecule has 1 aliphatic carbocycles. The number of fused-ring (bicyclic) bond motifs is 1. The molecule has 9 heteroatoms. The molecule has 0 radical (unpaired) electrons. The molecule has 2 aromatic rings. The van der Waals surface area contributed by atoms with Crippen LogP contribution < -0.4 is 10.4 Å². The second-order valence-electron chi connectivity index (χ2n) is 11.8. The van der Waals surface area contributed by atoms with Crippen molar-refractivity contribution in [2.45, 2.75) is 60.0 Å². The van der Waals surface area contributed by atoms with Gasteiger partial charge in [-0.05, 0) is 97.9 Å². The monoisotopic (exact) mass is 561 g/mol. The van der Waals surface area contributed by atoms with Gasteiger partial charge in [0.2, 0.25) is 11.8 Å². The van der Waals surface area contributed by atoms with E-state index in [0.29, 0.717) is 24.8 Å². The van der Waals surface area contributed by atoms with Crippen LogP contribution >= 0.6 is 0 Å². The van der Waals surface area contributed by atoms with E-state index in [9.17, 15) is 35.0 Å². The lowest BCUT2D eigenvalue weighted by Gasteiger charge is -2.38. The number of aliphatic hydroxyl groups is 2. The molecule has 4 rings (SSSR count). The van der Waals surface area contributed by atoms with Crippen molar-refractivity contribution in [3.05, 3.63) is 69.8 Å². The van der Waals surface area contributed by atoms with Gasteiger partial charge in [-0.2, -0.15) is 0 Å². The molecule has 0 aromatic heterocycles. The van der Waals surface area contributed by atoms with Crippen molar-refractivity contribution in [1.82, 2.24) is 0 Å². The van der Waals surface area contributed by atoms with Crippen LogP contribution in [0.4, 0.5) is 5.69 Å². The Morgan fingerprint density at radius 3 is 2.34 bits per heavy atom. The second kappa shape index (κ2) is 12.3. The van der Waals surface area contributed by atoms with Crippen molar-refractivity contribution in [2.75, 3.05) is 11.5 Å². The lowest BCUT2D eigenvalue weighted by atomic mass is 9.66. The third-order valence-electron chi connectivity index (χ3n) is 8.54. The van der Waals surface area contributed by atoms with Crippen LogP contribution in [0.2, 0.25) is 0 Å². The van der Waals surface area contributed by atoms with Gasteiger partial charge in [0, 0.05) is 5.92 Å². The molecule has 5 N–H and O–H groups in total. The minimum atomic E-state index is -1.74. The zero-order valence-electron chi connectivity index (χ0n) is 24.3. The summed E-state index contributed by atoms with van der Waals surface area (Å²) in [6.07, 6.45) is 2.41. The fourth-order valence-corrected chi connectivity index (χ4v) is 6.47. The van der Waals surface area contributed by atoms with Crippen LogP contribution in [-0.4, -0.2) is 57.0 Å². The van der Waals surface area contributed by atoms with Gasteiger partial charge in [0.1, 0.15) is 5.75 Å². The standard InChI is InChI=1S/C32H40BNO7/c1-17(2)24-15-25-29(32(39)34(31(25)38)23-8-6-7-22(14-23)33(40)41)26(16-35)28(24)27(36)10-9-18(3)11-21-12-19(4)30(37)20(5)13-21/h6-8,11-14,17,25-27,29,35-37,40-41H,9-10,15-16H2,1-5H3/b18-11+/t25-,26+,27-,29-/m1/s1. The maximum absolute atomic E-state index is 13.7. The Morgan fingerprint density at radius 2 is 1.76 bits per heavy atom. The number of anilines is 1. The fourth-order valence-electron chi connectivity index (χ4n) is 6.47. The quantitative estimate of drug-likeness (QED) is 0.180. The Kier molecular flexibility index (Phi) is 9.24. The molecular weight excluding hydrogens is 521 g/mol. The van der Waals surface area contributed by atoms with Crippen LogP contribution in [0.15, 0.2) is 53.1 Å². The summed E-state index contributed by atoms with van der Waals surface area (Å²) in [6.45, 7) is 9.29. The molecule has 0 unspecified atom stereocenters. The number of aromatic hydroxyl groups is 1. The van der Waals surface area contributed by atoms with Gasteiger partial charge in [0.25, 0.3) is 0 Å². The van der Waals surface area contributed by atoms with E-state index in [4.69, 9.17) is 0 Å². The summed E-state index contributed by atoms with van der Waals surface area (Å²) < 4.78 is 0. The van der Waals surface area contributed by atoms with Crippen molar-refractivity contribution in [2.24, 2.45) is 23.7 Å². The molecule has 218 valence electrons. The number of carbonyl (C=O) groups is 2. The van der Waals surface area contributed by atoms with Crippen LogP contribution in [0.5, 0.6) is 5.75 Å². The number of nitrogens with zero attached hydrogens (tertiary/aromatic N) is 1. The molecule has 41 heavy (non-hydrogen) atoms. The van der Waals surface area contributed by atoms with Crippen LogP contribution in [0, 0.1) is 37.5 Å². The van der Waals surface area contributed by atoms with E-state index in [1.54, 1.807) is 12.1 Å². The van der Waals surface area contributed by atoms with Crippen molar-refractivity contribution in [3.63, 3.8) is 0 Å². The number of benzene rings is 2. The molecule has 2 aliphatic rings. The summed E-state index contributed by atoms with van der Waals surface area (Å²) in [6, 6.07) is 9.86. The van der Waals surface area contributed by atoms with Gasteiger partial charge in [-0.1, -0.05) is 43.2 Å². The van der Waals surface area contributed by atoms with Crippen LogP contribution in [-0.2, 0) is 9.59 Å². The number of amides is 2. The molecule has 1 aliphatic heterocycles. The van der Waals surface area contributed by atoms with Crippen LogP contribution in [0.3, 0.4) is 0 Å². The minimum Gasteiger partial charge on any atom is -0.507 e. The first-order chi connectivity index (χ1) is 19.3. The Hall–Kier alpha value is -3.24. The molecule has 2 aromatic carbocycles. The molecule has 2 amide bonds. The average molecular weight is 561 g/mol. The Labute approximate surface area is 241 Å². The highest BCUT2D eigenvalue weighted by atomic mass is 16.4. The van der Waals surface area contributed by atoms with Crippen molar-refractivity contribution < 1.29 is 35.0 Å². The molecule has 0 saturated carbocycles. The highest BCUT2D eigenvalue weighted by molar-refractivity contribution is 6.58. The molecule has 1 fully saturated rings. The van der Waals surface area contributed by atoms with Gasteiger partial charge in [-0.15, -0.1) is 0 Å². The number of allylic oxidation sites excluding steroid dienone is 2. The predicted octanol–water partition coefficient (Wildman–Crippen LogP) is 3.00. The Bertz CT molecular complexity index is 1370. The molecule has 1 saturated heterocycles. The highest BCUT2D eigenvalue weighted by Gasteiger charge is 2.55. The summed E-state index contributed by atoms with van der Waals surface area (Å²) >= 11 is 0. The first-order valence-corrected chi connectivity index (χ1v) is 14.2. The van der Waals surface area contributed by atoms with Gasteiger partial charge >= 0.3 is 7.12 Å². The van der Waals surface area contributed by atoms with Gasteiger partial charge in [0.15, 0.2) is 0 Å². The second-order valence-corrected chi connectivity index (χ2v) is 11.8. The number of rotatable bonds is 9. The number of aryl methyl sites for hydroxylation is 2. The molecule has 0 spiro atoms. The first-order valence-electron chi connectivity index (χ1n) is 14.2. The van der Waals surface area contributed by atoms with E-state index in [-0.39, 0.29) is 35.3 Å². The molecule has 1 heterocycles. The SMILES string of the molecule is C/C(=C\c1cc(C)c(O)c(C)c1)CC[C@@H](O)C1=C(C(C)C)C[C@H]2C(=O)N(c3cccc(B(O)O)c3)C(=O)[C@H]2[C@H]1CO. The average Bonchev–Trinajstić information content (AvgIpc) is 3.18. The van der Waals surface area contributed by atoms with Gasteiger partial charge in [0.05, 0.1) is 30.2 Å². The summed E-state index contributed by atoms with van der Waals surface area (Å²) in [4.78, 5) is 28.4. The smallest absolute Gasteiger partial charge is 0.488 e. The maximum Gasteiger partial charge on any atom is 0.488 e. The highest BCUT2D eigenvalue weighted by Crippen LogP contribution is 2.48. The number of aliphatic hydroxyl groups excluding tert-OH is 2. The zero-order chi connectivity index (χ0) is 30.2. The number of hydrogen-bond acceptors (Lipinski definition) is 7. The third kappa shape index (κ3) is 6.04. The minimum absolute atomic E-state index is 0.000878.